The normalized spacial score (nSPS) is 17.6. The van der Waals surface area contributed by atoms with E-state index in [9.17, 15) is 14.0 Å². The maximum Gasteiger partial charge on any atom is 0.274 e. The largest absolute Gasteiger partial charge is 0.344 e. The number of amides is 2. The van der Waals surface area contributed by atoms with Gasteiger partial charge in [0.15, 0.2) is 5.69 Å². The molecular formula is C16H17FN4O2. The predicted molar refractivity (Wildman–Crippen MR) is 81.7 cm³/mol. The van der Waals surface area contributed by atoms with E-state index < -0.39 is 6.04 Å². The second-order valence-electron chi connectivity index (χ2n) is 5.60. The van der Waals surface area contributed by atoms with Crippen molar-refractivity contribution in [2.45, 2.75) is 12.5 Å². The Labute approximate surface area is 133 Å². The summed E-state index contributed by atoms with van der Waals surface area (Å²) < 4.78 is 14.5. The van der Waals surface area contributed by atoms with Crippen molar-refractivity contribution in [3.63, 3.8) is 0 Å². The van der Waals surface area contributed by atoms with E-state index >= 15 is 0 Å². The molecule has 1 aliphatic heterocycles. The van der Waals surface area contributed by atoms with Crippen LogP contribution in [0.1, 0.15) is 16.9 Å². The summed E-state index contributed by atoms with van der Waals surface area (Å²) in [6.45, 7) is 0.644. The lowest BCUT2D eigenvalue weighted by Gasteiger charge is -2.22. The van der Waals surface area contributed by atoms with Crippen molar-refractivity contribution < 1.29 is 14.0 Å². The Morgan fingerprint density at radius 2 is 2.00 bits per heavy atom. The molecule has 120 valence electrons. The smallest absolute Gasteiger partial charge is 0.274 e. The molecule has 1 aliphatic rings. The molecule has 1 atom stereocenters. The Bertz CT molecular complexity index is 741. The van der Waals surface area contributed by atoms with E-state index in [1.54, 1.807) is 43.4 Å². The number of hydrogen-bond donors (Lipinski definition) is 0. The van der Waals surface area contributed by atoms with Crippen LogP contribution < -0.4 is 0 Å². The first-order valence-corrected chi connectivity index (χ1v) is 7.31. The second-order valence-corrected chi connectivity index (χ2v) is 5.60. The van der Waals surface area contributed by atoms with E-state index in [-0.39, 0.29) is 23.3 Å². The maximum atomic E-state index is 13.0. The van der Waals surface area contributed by atoms with Gasteiger partial charge in [0.2, 0.25) is 5.91 Å². The van der Waals surface area contributed by atoms with E-state index in [1.807, 2.05) is 0 Å². The summed E-state index contributed by atoms with van der Waals surface area (Å²) in [6, 6.07) is 6.97. The van der Waals surface area contributed by atoms with Crippen molar-refractivity contribution in [1.82, 2.24) is 19.6 Å². The van der Waals surface area contributed by atoms with Gasteiger partial charge in [-0.25, -0.2) is 9.07 Å². The van der Waals surface area contributed by atoms with Crippen molar-refractivity contribution in [3.8, 4) is 5.69 Å². The summed E-state index contributed by atoms with van der Waals surface area (Å²) in [5.41, 5.74) is 0.906. The molecule has 0 bridgehead atoms. The first kappa shape index (κ1) is 15.2. The van der Waals surface area contributed by atoms with E-state index in [0.717, 1.165) is 0 Å². The van der Waals surface area contributed by atoms with Crippen molar-refractivity contribution in [1.29, 1.82) is 0 Å². The number of likely N-dealkylation sites (tertiary alicyclic amines) is 1. The van der Waals surface area contributed by atoms with Gasteiger partial charge in [-0.05, 0) is 36.8 Å². The molecule has 2 heterocycles. The number of benzene rings is 1. The molecule has 1 fully saturated rings. The molecule has 3 rings (SSSR count). The summed E-state index contributed by atoms with van der Waals surface area (Å²) in [5.74, 6) is -0.695. The third-order valence-corrected chi connectivity index (χ3v) is 4.09. The van der Waals surface area contributed by atoms with Gasteiger partial charge in [0.1, 0.15) is 11.9 Å². The minimum absolute atomic E-state index is 0.0567. The SMILES string of the molecule is CN1CCC(N(C)C(=O)c2ccn(-c3ccc(F)cc3)n2)C1=O. The van der Waals surface area contributed by atoms with Crippen LogP contribution in [-0.2, 0) is 4.79 Å². The highest BCUT2D eigenvalue weighted by molar-refractivity contribution is 5.96. The number of carbonyl (C=O) groups excluding carboxylic acids is 2. The van der Waals surface area contributed by atoms with Gasteiger partial charge in [-0.2, -0.15) is 5.10 Å². The van der Waals surface area contributed by atoms with Gasteiger partial charge >= 0.3 is 0 Å². The lowest BCUT2D eigenvalue weighted by atomic mass is 10.2. The molecule has 0 saturated carbocycles. The molecule has 1 unspecified atom stereocenters. The van der Waals surface area contributed by atoms with E-state index in [1.165, 1.54) is 21.7 Å². The molecule has 2 amide bonds. The molecule has 0 radical (unpaired) electrons. The standard InChI is InChI=1S/C16H17FN4O2/c1-19-9-8-14(16(19)23)20(2)15(22)13-7-10-21(18-13)12-5-3-11(17)4-6-12/h3-7,10,14H,8-9H2,1-2H3. The van der Waals surface area contributed by atoms with E-state index in [2.05, 4.69) is 5.10 Å². The highest BCUT2D eigenvalue weighted by atomic mass is 19.1. The Kier molecular flexibility index (Phi) is 3.85. The molecule has 1 saturated heterocycles. The molecular weight excluding hydrogens is 299 g/mol. The Hall–Kier alpha value is -2.70. The average Bonchev–Trinajstić information content (AvgIpc) is 3.15. The first-order chi connectivity index (χ1) is 11.0. The summed E-state index contributed by atoms with van der Waals surface area (Å²) in [5, 5.41) is 4.22. The number of hydrogen-bond acceptors (Lipinski definition) is 3. The van der Waals surface area contributed by atoms with Crippen LogP contribution in [0.4, 0.5) is 4.39 Å². The number of carbonyl (C=O) groups is 2. The van der Waals surface area contributed by atoms with Crippen LogP contribution in [0.25, 0.3) is 5.69 Å². The van der Waals surface area contributed by atoms with Crippen LogP contribution in [0.15, 0.2) is 36.5 Å². The lowest BCUT2D eigenvalue weighted by Crippen LogP contribution is -2.42. The van der Waals surface area contributed by atoms with Crippen molar-refractivity contribution >= 4 is 11.8 Å². The molecule has 23 heavy (non-hydrogen) atoms. The monoisotopic (exact) mass is 316 g/mol. The van der Waals surface area contributed by atoms with Crippen LogP contribution in [0, 0.1) is 5.82 Å². The summed E-state index contributed by atoms with van der Waals surface area (Å²) in [7, 11) is 3.34. The predicted octanol–water partition coefficient (Wildman–Crippen LogP) is 1.31. The highest BCUT2D eigenvalue weighted by Gasteiger charge is 2.35. The maximum absolute atomic E-state index is 13.0. The third kappa shape index (κ3) is 2.81. The Balaban J connectivity index is 1.78. The summed E-state index contributed by atoms with van der Waals surface area (Å²) in [4.78, 5) is 27.6. The highest BCUT2D eigenvalue weighted by Crippen LogP contribution is 2.17. The molecule has 0 spiro atoms. The van der Waals surface area contributed by atoms with Gasteiger partial charge in [-0.3, -0.25) is 9.59 Å². The summed E-state index contributed by atoms with van der Waals surface area (Å²) in [6.07, 6.45) is 2.26. The first-order valence-electron chi connectivity index (χ1n) is 7.31. The molecule has 6 nitrogen and oxygen atoms in total. The quantitative estimate of drug-likeness (QED) is 0.858. The van der Waals surface area contributed by atoms with Gasteiger partial charge in [-0.15, -0.1) is 0 Å². The van der Waals surface area contributed by atoms with E-state index in [0.29, 0.717) is 18.7 Å². The van der Waals surface area contributed by atoms with Crippen LogP contribution in [0.5, 0.6) is 0 Å². The zero-order chi connectivity index (χ0) is 16.6. The molecule has 0 aliphatic carbocycles. The van der Waals surface area contributed by atoms with E-state index in [4.69, 9.17) is 0 Å². The zero-order valence-electron chi connectivity index (χ0n) is 12.9. The molecule has 7 heteroatoms. The van der Waals surface area contributed by atoms with Gasteiger partial charge in [0.05, 0.1) is 5.69 Å². The molecule has 1 aromatic heterocycles. The summed E-state index contributed by atoms with van der Waals surface area (Å²) >= 11 is 0. The van der Waals surface area contributed by atoms with Crippen molar-refractivity contribution in [2.24, 2.45) is 0 Å². The number of halogens is 1. The zero-order valence-corrected chi connectivity index (χ0v) is 12.9. The Morgan fingerprint density at radius 1 is 1.30 bits per heavy atom. The topological polar surface area (TPSA) is 58.4 Å². The fraction of sp³-hybridized carbons (Fsp3) is 0.312. The number of likely N-dealkylation sites (N-methyl/N-ethyl adjacent to an activating group) is 2. The average molecular weight is 316 g/mol. The molecule has 1 aromatic carbocycles. The number of aromatic nitrogens is 2. The second kappa shape index (κ2) is 5.83. The van der Waals surface area contributed by atoms with Crippen LogP contribution in [0.2, 0.25) is 0 Å². The Morgan fingerprint density at radius 3 is 2.61 bits per heavy atom. The van der Waals surface area contributed by atoms with Gasteiger partial charge in [-0.1, -0.05) is 0 Å². The van der Waals surface area contributed by atoms with Crippen LogP contribution >= 0.6 is 0 Å². The lowest BCUT2D eigenvalue weighted by molar-refractivity contribution is -0.130. The number of rotatable bonds is 3. The molecule has 0 N–H and O–H groups in total. The fourth-order valence-corrected chi connectivity index (χ4v) is 2.66. The third-order valence-electron chi connectivity index (χ3n) is 4.09. The molecule has 2 aromatic rings. The van der Waals surface area contributed by atoms with Gasteiger partial charge in [0.25, 0.3) is 5.91 Å². The van der Waals surface area contributed by atoms with Crippen LogP contribution in [-0.4, -0.2) is 58.1 Å². The van der Waals surface area contributed by atoms with Gasteiger partial charge < -0.3 is 9.80 Å². The van der Waals surface area contributed by atoms with Crippen molar-refractivity contribution in [3.05, 3.63) is 48.0 Å². The number of nitrogens with zero attached hydrogens (tertiary/aromatic N) is 4. The minimum Gasteiger partial charge on any atom is -0.344 e. The van der Waals surface area contributed by atoms with Crippen molar-refractivity contribution in [2.75, 3.05) is 20.6 Å². The van der Waals surface area contributed by atoms with Crippen LogP contribution in [0.3, 0.4) is 0 Å². The fourth-order valence-electron chi connectivity index (χ4n) is 2.66. The van der Waals surface area contributed by atoms with Gasteiger partial charge in [0, 0.05) is 26.8 Å². The minimum atomic E-state index is -0.441.